The molecule has 1 amide bonds. The summed E-state index contributed by atoms with van der Waals surface area (Å²) in [6.07, 6.45) is 4.52. The number of nitrogens with zero attached hydrogens (tertiary/aromatic N) is 3. The third-order valence-corrected chi connectivity index (χ3v) is 6.14. The van der Waals surface area contributed by atoms with Crippen molar-refractivity contribution in [1.82, 2.24) is 9.38 Å². The minimum absolute atomic E-state index is 0.112. The Labute approximate surface area is 164 Å². The number of aryl methyl sites for hydroxylation is 1. The van der Waals surface area contributed by atoms with Crippen LogP contribution >= 0.6 is 0 Å². The summed E-state index contributed by atoms with van der Waals surface area (Å²) < 4.78 is 25.8. The highest BCUT2D eigenvalue weighted by molar-refractivity contribution is 7.90. The number of hydrogen-bond acceptors (Lipinski definition) is 4. The lowest BCUT2D eigenvalue weighted by molar-refractivity contribution is 0.0982. The van der Waals surface area contributed by atoms with Gasteiger partial charge in [0.15, 0.2) is 5.69 Å². The first-order chi connectivity index (χ1) is 13.3. The molecule has 0 atom stereocenters. The molecule has 0 bridgehead atoms. The maximum Gasteiger partial charge on any atom is 0.279 e. The Morgan fingerprint density at radius 2 is 1.96 bits per heavy atom. The van der Waals surface area contributed by atoms with Gasteiger partial charge in [0.1, 0.15) is 0 Å². The van der Waals surface area contributed by atoms with E-state index in [1.807, 2.05) is 6.07 Å². The van der Waals surface area contributed by atoms with Crippen LogP contribution in [0.5, 0.6) is 0 Å². The molecular formula is C21H23N3O3S. The van der Waals surface area contributed by atoms with Crippen molar-refractivity contribution in [3.8, 4) is 0 Å². The molecule has 1 aromatic carbocycles. The van der Waals surface area contributed by atoms with Gasteiger partial charge in [0.05, 0.1) is 5.52 Å². The third kappa shape index (κ3) is 3.09. The van der Waals surface area contributed by atoms with Gasteiger partial charge in [0.25, 0.3) is 5.91 Å². The van der Waals surface area contributed by atoms with Crippen molar-refractivity contribution >= 4 is 26.9 Å². The van der Waals surface area contributed by atoms with E-state index < -0.39 is 9.84 Å². The van der Waals surface area contributed by atoms with Gasteiger partial charge in [-0.2, -0.15) is 0 Å². The number of anilines is 1. The van der Waals surface area contributed by atoms with E-state index in [4.69, 9.17) is 0 Å². The van der Waals surface area contributed by atoms with E-state index in [9.17, 15) is 13.2 Å². The lowest BCUT2D eigenvalue weighted by atomic mass is 9.94. The monoisotopic (exact) mass is 397 g/mol. The van der Waals surface area contributed by atoms with Crippen LogP contribution < -0.4 is 4.90 Å². The topological polar surface area (TPSA) is 71.8 Å². The number of pyridine rings is 1. The van der Waals surface area contributed by atoms with Gasteiger partial charge in [-0.25, -0.2) is 13.4 Å². The van der Waals surface area contributed by atoms with E-state index >= 15 is 0 Å². The predicted octanol–water partition coefficient (Wildman–Crippen LogP) is 3.45. The van der Waals surface area contributed by atoms with Gasteiger partial charge in [-0.05, 0) is 48.1 Å². The van der Waals surface area contributed by atoms with E-state index in [0.717, 1.165) is 30.3 Å². The second-order valence-electron chi connectivity index (χ2n) is 7.57. The summed E-state index contributed by atoms with van der Waals surface area (Å²) in [7, 11) is -3.57. The van der Waals surface area contributed by atoms with Crippen LogP contribution in [0, 0.1) is 0 Å². The second kappa shape index (κ2) is 6.74. The van der Waals surface area contributed by atoms with E-state index in [-0.39, 0.29) is 16.8 Å². The lowest BCUT2D eigenvalue weighted by Crippen LogP contribution is -2.36. The molecule has 0 saturated carbocycles. The first kappa shape index (κ1) is 18.7. The van der Waals surface area contributed by atoms with Crippen LogP contribution in [-0.4, -0.2) is 36.5 Å². The van der Waals surface area contributed by atoms with Gasteiger partial charge in [0, 0.05) is 24.7 Å². The molecule has 0 spiro atoms. The Kier molecular flexibility index (Phi) is 4.50. The number of benzene rings is 1. The molecule has 6 nitrogen and oxygen atoms in total. The van der Waals surface area contributed by atoms with Crippen LogP contribution in [0.2, 0.25) is 0 Å². The van der Waals surface area contributed by atoms with Crippen molar-refractivity contribution in [2.45, 2.75) is 37.8 Å². The smallest absolute Gasteiger partial charge is 0.279 e. The average Bonchev–Trinajstić information content (AvgIpc) is 3.06. The Morgan fingerprint density at radius 1 is 1.18 bits per heavy atom. The zero-order valence-electron chi connectivity index (χ0n) is 16.2. The fourth-order valence-electron chi connectivity index (χ4n) is 3.74. The molecule has 7 heteroatoms. The number of rotatable bonds is 3. The number of fused-ring (bicyclic) bond motifs is 2. The highest BCUT2D eigenvalue weighted by Gasteiger charge is 2.29. The summed E-state index contributed by atoms with van der Waals surface area (Å²) in [5, 5.41) is -0.112. The molecule has 4 rings (SSSR count). The summed E-state index contributed by atoms with van der Waals surface area (Å²) >= 11 is 0. The quantitative estimate of drug-likeness (QED) is 0.679. The standard InChI is InChI=1S/C21H23N3O3S/c1-14(2)15-9-10-17-16(13-15)7-6-12-23(17)20(25)19-18-8-4-5-11-24(18)21(22-19)28(3,26)27/h4-5,8-11,13-14H,6-7,12H2,1-3H3. The predicted molar refractivity (Wildman–Crippen MR) is 109 cm³/mol. The Hall–Kier alpha value is -2.67. The highest BCUT2D eigenvalue weighted by Crippen LogP contribution is 2.32. The summed E-state index contributed by atoms with van der Waals surface area (Å²) in [6, 6.07) is 11.5. The maximum absolute atomic E-state index is 13.4. The third-order valence-electron chi connectivity index (χ3n) is 5.18. The van der Waals surface area contributed by atoms with Crippen molar-refractivity contribution in [2.24, 2.45) is 0 Å². The van der Waals surface area contributed by atoms with Gasteiger partial charge in [-0.1, -0.05) is 32.0 Å². The summed E-state index contributed by atoms with van der Waals surface area (Å²) in [5.41, 5.74) is 3.96. The molecule has 0 radical (unpaired) electrons. The molecule has 1 aliphatic heterocycles. The summed E-state index contributed by atoms with van der Waals surface area (Å²) in [5.74, 6) is 0.155. The number of imidazole rings is 1. The molecule has 146 valence electrons. The van der Waals surface area contributed by atoms with Crippen LogP contribution in [0.1, 0.15) is 47.8 Å². The summed E-state index contributed by atoms with van der Waals surface area (Å²) in [4.78, 5) is 19.4. The van der Waals surface area contributed by atoms with Crippen molar-refractivity contribution in [2.75, 3.05) is 17.7 Å². The molecule has 2 aromatic heterocycles. The number of aromatic nitrogens is 2. The minimum atomic E-state index is -3.57. The van der Waals surface area contributed by atoms with Crippen LogP contribution in [0.25, 0.3) is 5.52 Å². The maximum atomic E-state index is 13.4. The first-order valence-electron chi connectivity index (χ1n) is 9.39. The van der Waals surface area contributed by atoms with Gasteiger partial charge in [-0.3, -0.25) is 9.20 Å². The SMILES string of the molecule is CC(C)c1ccc2c(c1)CCCN2C(=O)c1nc(S(C)(=O)=O)n2ccccc12. The van der Waals surface area contributed by atoms with Crippen molar-refractivity contribution in [3.05, 3.63) is 59.4 Å². The van der Waals surface area contributed by atoms with E-state index in [1.54, 1.807) is 29.3 Å². The zero-order valence-corrected chi connectivity index (χ0v) is 17.0. The van der Waals surface area contributed by atoms with E-state index in [2.05, 4.69) is 31.0 Å². The molecule has 0 saturated heterocycles. The molecule has 0 aliphatic carbocycles. The van der Waals surface area contributed by atoms with Gasteiger partial charge in [0.2, 0.25) is 15.0 Å². The van der Waals surface area contributed by atoms with Crippen molar-refractivity contribution < 1.29 is 13.2 Å². The number of carbonyl (C=O) groups excluding carboxylic acids is 1. The zero-order chi connectivity index (χ0) is 20.1. The van der Waals surface area contributed by atoms with Crippen LogP contribution in [0.4, 0.5) is 5.69 Å². The van der Waals surface area contributed by atoms with Gasteiger partial charge in [-0.15, -0.1) is 0 Å². The van der Waals surface area contributed by atoms with Crippen LogP contribution in [0.15, 0.2) is 47.8 Å². The average molecular weight is 398 g/mol. The van der Waals surface area contributed by atoms with Crippen LogP contribution in [0.3, 0.4) is 0 Å². The van der Waals surface area contributed by atoms with E-state index in [0.29, 0.717) is 18.0 Å². The molecule has 0 N–H and O–H groups in total. The fraction of sp³-hybridized carbons (Fsp3) is 0.333. The summed E-state index contributed by atoms with van der Waals surface area (Å²) in [6.45, 7) is 4.89. The number of carbonyl (C=O) groups is 1. The van der Waals surface area contributed by atoms with Crippen molar-refractivity contribution in [1.29, 1.82) is 0 Å². The molecule has 1 aliphatic rings. The van der Waals surface area contributed by atoms with E-state index in [1.165, 1.54) is 9.96 Å². The van der Waals surface area contributed by atoms with Crippen molar-refractivity contribution in [3.63, 3.8) is 0 Å². The second-order valence-corrected chi connectivity index (χ2v) is 9.48. The molecular weight excluding hydrogens is 374 g/mol. The number of hydrogen-bond donors (Lipinski definition) is 0. The van der Waals surface area contributed by atoms with Gasteiger partial charge < -0.3 is 4.90 Å². The highest BCUT2D eigenvalue weighted by atomic mass is 32.2. The van der Waals surface area contributed by atoms with Gasteiger partial charge >= 0.3 is 0 Å². The number of sulfone groups is 1. The Balaban J connectivity index is 1.82. The van der Waals surface area contributed by atoms with Crippen LogP contribution in [-0.2, 0) is 16.3 Å². The molecule has 3 heterocycles. The lowest BCUT2D eigenvalue weighted by Gasteiger charge is -2.29. The molecule has 3 aromatic rings. The normalized spacial score (nSPS) is 14.5. The Morgan fingerprint density at radius 3 is 2.68 bits per heavy atom. The molecule has 0 fully saturated rings. The molecule has 0 unspecified atom stereocenters. The molecule has 28 heavy (non-hydrogen) atoms. The Bertz CT molecular complexity index is 1180. The first-order valence-corrected chi connectivity index (χ1v) is 11.3. The fourth-order valence-corrected chi connectivity index (χ4v) is 4.52. The minimum Gasteiger partial charge on any atom is -0.307 e. The number of amides is 1. The largest absolute Gasteiger partial charge is 0.307 e.